The van der Waals surface area contributed by atoms with Crippen LogP contribution in [0.15, 0.2) is 0 Å². The van der Waals surface area contributed by atoms with E-state index in [9.17, 15) is 0 Å². The highest BCUT2D eigenvalue weighted by atomic mass is 16.5. The maximum Gasteiger partial charge on any atom is 0.0687 e. The molecule has 3 nitrogen and oxygen atoms in total. The first kappa shape index (κ1) is 15.8. The third-order valence-corrected chi connectivity index (χ3v) is 5.83. The van der Waals surface area contributed by atoms with Gasteiger partial charge >= 0.3 is 0 Å². The van der Waals surface area contributed by atoms with Gasteiger partial charge in [-0.25, -0.2) is 0 Å². The maximum absolute atomic E-state index is 6.60. The Labute approximate surface area is 130 Å². The van der Waals surface area contributed by atoms with Gasteiger partial charge in [0.05, 0.1) is 18.3 Å². The van der Waals surface area contributed by atoms with E-state index < -0.39 is 0 Å². The molecule has 0 amide bonds. The van der Waals surface area contributed by atoms with Gasteiger partial charge in [0, 0.05) is 24.6 Å². The van der Waals surface area contributed by atoms with Crippen LogP contribution >= 0.6 is 0 Å². The van der Waals surface area contributed by atoms with E-state index in [1.54, 1.807) is 0 Å². The largest absolute Gasteiger partial charge is 0.381 e. The number of ether oxygens (including phenoxy) is 2. The summed E-state index contributed by atoms with van der Waals surface area (Å²) in [6, 6.07) is 0.552. The molecule has 0 aromatic rings. The van der Waals surface area contributed by atoms with Gasteiger partial charge < -0.3 is 14.8 Å². The van der Waals surface area contributed by atoms with Crippen molar-refractivity contribution >= 4 is 0 Å². The topological polar surface area (TPSA) is 30.5 Å². The van der Waals surface area contributed by atoms with Gasteiger partial charge in [0.15, 0.2) is 0 Å². The van der Waals surface area contributed by atoms with Crippen LogP contribution in [0.25, 0.3) is 0 Å². The highest BCUT2D eigenvalue weighted by Gasteiger charge is 2.45. The molecule has 1 saturated carbocycles. The molecule has 2 saturated heterocycles. The minimum Gasteiger partial charge on any atom is -0.381 e. The lowest BCUT2D eigenvalue weighted by atomic mass is 9.80. The normalized spacial score (nSPS) is 35.9. The summed E-state index contributed by atoms with van der Waals surface area (Å²) < 4.78 is 12.3. The van der Waals surface area contributed by atoms with Crippen molar-refractivity contribution in [3.63, 3.8) is 0 Å². The van der Waals surface area contributed by atoms with Crippen LogP contribution in [-0.2, 0) is 9.47 Å². The van der Waals surface area contributed by atoms with Crippen LogP contribution in [0.5, 0.6) is 0 Å². The summed E-state index contributed by atoms with van der Waals surface area (Å²) in [4.78, 5) is 0. The van der Waals surface area contributed by atoms with Gasteiger partial charge in [-0.05, 0) is 38.5 Å². The van der Waals surface area contributed by atoms with Gasteiger partial charge in [0.2, 0.25) is 0 Å². The second-order valence-electron chi connectivity index (χ2n) is 8.06. The second-order valence-corrected chi connectivity index (χ2v) is 8.06. The van der Waals surface area contributed by atoms with Crippen molar-refractivity contribution in [2.24, 2.45) is 5.41 Å². The fourth-order valence-corrected chi connectivity index (χ4v) is 4.53. The molecule has 3 heteroatoms. The fraction of sp³-hybridized carbons (Fsp3) is 1.00. The molecule has 1 aliphatic carbocycles. The molecule has 0 aromatic carbocycles. The number of hydrogen-bond donors (Lipinski definition) is 1. The lowest BCUT2D eigenvalue weighted by Crippen LogP contribution is -2.41. The van der Waals surface area contributed by atoms with Crippen LogP contribution < -0.4 is 5.32 Å². The van der Waals surface area contributed by atoms with Gasteiger partial charge in [-0.15, -0.1) is 0 Å². The molecule has 1 spiro atoms. The van der Waals surface area contributed by atoms with Crippen LogP contribution in [-0.4, -0.2) is 37.5 Å². The predicted octanol–water partition coefficient (Wildman–Crippen LogP) is 3.66. The van der Waals surface area contributed by atoms with E-state index in [-0.39, 0.29) is 5.60 Å². The molecule has 3 fully saturated rings. The monoisotopic (exact) mass is 295 g/mol. The molecule has 0 radical (unpaired) electrons. The van der Waals surface area contributed by atoms with Crippen molar-refractivity contribution in [2.45, 2.75) is 89.4 Å². The minimum atomic E-state index is 0.259. The molecule has 2 unspecified atom stereocenters. The van der Waals surface area contributed by atoms with Crippen molar-refractivity contribution < 1.29 is 9.47 Å². The zero-order chi connectivity index (χ0) is 14.8. The molecule has 3 aliphatic rings. The van der Waals surface area contributed by atoms with E-state index in [2.05, 4.69) is 19.2 Å². The van der Waals surface area contributed by atoms with Crippen molar-refractivity contribution in [2.75, 3.05) is 19.8 Å². The zero-order valence-corrected chi connectivity index (χ0v) is 14.0. The highest BCUT2D eigenvalue weighted by Crippen LogP contribution is 2.45. The summed E-state index contributed by atoms with van der Waals surface area (Å²) in [5.41, 5.74) is 0.574. The zero-order valence-electron chi connectivity index (χ0n) is 14.0. The van der Waals surface area contributed by atoms with E-state index in [1.807, 2.05) is 0 Å². The first-order valence-electron chi connectivity index (χ1n) is 9.11. The van der Waals surface area contributed by atoms with Crippen LogP contribution in [0.4, 0.5) is 0 Å². The summed E-state index contributed by atoms with van der Waals surface area (Å²) in [6.45, 7) is 7.38. The minimum absolute atomic E-state index is 0.259. The molecule has 2 aliphatic heterocycles. The molecule has 0 bridgehead atoms. The number of hydrogen-bond acceptors (Lipinski definition) is 3. The van der Waals surface area contributed by atoms with Gasteiger partial charge in [-0.1, -0.05) is 33.1 Å². The van der Waals surface area contributed by atoms with E-state index in [4.69, 9.17) is 9.47 Å². The lowest BCUT2D eigenvalue weighted by Gasteiger charge is -2.36. The Morgan fingerprint density at radius 2 is 1.90 bits per heavy atom. The Morgan fingerprint density at radius 3 is 2.57 bits per heavy atom. The maximum atomic E-state index is 6.60. The highest BCUT2D eigenvalue weighted by molar-refractivity contribution is 4.95. The molecule has 0 aromatic heterocycles. The summed E-state index contributed by atoms with van der Waals surface area (Å²) in [5.74, 6) is 0. The van der Waals surface area contributed by atoms with E-state index >= 15 is 0 Å². The molecule has 3 rings (SSSR count). The van der Waals surface area contributed by atoms with Gasteiger partial charge in [0.25, 0.3) is 0 Å². The second kappa shape index (κ2) is 6.55. The molecule has 2 heterocycles. The van der Waals surface area contributed by atoms with Crippen LogP contribution in [0.3, 0.4) is 0 Å². The Morgan fingerprint density at radius 1 is 1.10 bits per heavy atom. The Bertz CT molecular complexity index is 330. The van der Waals surface area contributed by atoms with Crippen LogP contribution in [0.2, 0.25) is 0 Å². The smallest absolute Gasteiger partial charge is 0.0687 e. The van der Waals surface area contributed by atoms with Crippen molar-refractivity contribution in [1.29, 1.82) is 0 Å². The van der Waals surface area contributed by atoms with E-state index in [0.717, 1.165) is 19.8 Å². The van der Waals surface area contributed by atoms with E-state index in [0.29, 0.717) is 17.6 Å². The summed E-state index contributed by atoms with van der Waals surface area (Å²) >= 11 is 0. The first-order valence-corrected chi connectivity index (χ1v) is 9.11. The van der Waals surface area contributed by atoms with Crippen molar-refractivity contribution in [3.8, 4) is 0 Å². The first-order chi connectivity index (χ1) is 10.1. The predicted molar refractivity (Wildman–Crippen MR) is 85.5 cm³/mol. The van der Waals surface area contributed by atoms with Gasteiger partial charge in [0.1, 0.15) is 0 Å². The SMILES string of the molecule is CC(C)NCC1(CC2CCC3(CCCCC3)O2)CCOC1. The molecule has 21 heavy (non-hydrogen) atoms. The van der Waals surface area contributed by atoms with Crippen molar-refractivity contribution in [3.05, 3.63) is 0 Å². The van der Waals surface area contributed by atoms with Gasteiger partial charge in [-0.2, -0.15) is 0 Å². The fourth-order valence-electron chi connectivity index (χ4n) is 4.53. The van der Waals surface area contributed by atoms with Gasteiger partial charge in [-0.3, -0.25) is 0 Å². The lowest BCUT2D eigenvalue weighted by molar-refractivity contribution is -0.0774. The molecular weight excluding hydrogens is 262 g/mol. The van der Waals surface area contributed by atoms with E-state index in [1.165, 1.54) is 57.8 Å². The standard InChI is InChI=1S/C18H33NO2/c1-15(2)19-13-17(10-11-20-14-17)12-16-6-9-18(21-16)7-4-3-5-8-18/h15-16,19H,3-14H2,1-2H3. The molecule has 2 atom stereocenters. The number of rotatable bonds is 5. The summed E-state index contributed by atoms with van der Waals surface area (Å²) in [6.07, 6.45) is 12.2. The number of nitrogens with one attached hydrogen (secondary N) is 1. The molecule has 1 N–H and O–H groups in total. The summed E-state index contributed by atoms with van der Waals surface area (Å²) in [7, 11) is 0. The van der Waals surface area contributed by atoms with Crippen molar-refractivity contribution in [1.82, 2.24) is 5.32 Å². The Hall–Kier alpha value is -0.120. The molecular formula is C18H33NO2. The Kier molecular flexibility index (Phi) is 4.92. The Balaban J connectivity index is 1.56. The average molecular weight is 295 g/mol. The van der Waals surface area contributed by atoms with Crippen LogP contribution in [0.1, 0.15) is 71.6 Å². The third kappa shape index (κ3) is 3.80. The molecule has 122 valence electrons. The van der Waals surface area contributed by atoms with Crippen LogP contribution in [0, 0.1) is 5.41 Å². The summed E-state index contributed by atoms with van der Waals surface area (Å²) in [5, 5.41) is 3.64. The third-order valence-electron chi connectivity index (χ3n) is 5.83. The quantitative estimate of drug-likeness (QED) is 0.839. The average Bonchev–Trinajstić information content (AvgIpc) is 3.07.